The molecule has 0 aromatic heterocycles. The lowest BCUT2D eigenvalue weighted by Gasteiger charge is -2.26. The Balaban J connectivity index is 1.92. The minimum Gasteiger partial charge on any atom is -0.396 e. The Morgan fingerprint density at radius 3 is 2.75 bits per heavy atom. The lowest BCUT2D eigenvalue weighted by Crippen LogP contribution is -2.33. The lowest BCUT2D eigenvalue weighted by molar-refractivity contribution is 0.101. The molecule has 1 aliphatic heterocycles. The Kier molecular flexibility index (Phi) is 5.54. The van der Waals surface area contributed by atoms with Crippen LogP contribution in [0.25, 0.3) is 0 Å². The molecule has 1 heterocycles. The summed E-state index contributed by atoms with van der Waals surface area (Å²) in [6.07, 6.45) is 3.62. The van der Waals surface area contributed by atoms with E-state index in [0.717, 1.165) is 37.8 Å². The second-order valence-corrected chi connectivity index (χ2v) is 5.41. The van der Waals surface area contributed by atoms with Crippen LogP contribution >= 0.6 is 0 Å². The van der Waals surface area contributed by atoms with Crippen molar-refractivity contribution in [3.63, 3.8) is 0 Å². The monoisotopic (exact) mass is 274 g/mol. The minimum absolute atomic E-state index is 0.239. The van der Waals surface area contributed by atoms with Crippen LogP contribution in [0.4, 0.5) is 0 Å². The SMILES string of the molecule is N#Cc1ccc(C(O)CN2CCCC2CCCO)cc1. The molecule has 1 fully saturated rings. The summed E-state index contributed by atoms with van der Waals surface area (Å²) < 4.78 is 0. The Morgan fingerprint density at radius 2 is 2.10 bits per heavy atom. The number of likely N-dealkylation sites (tertiary alicyclic amines) is 1. The van der Waals surface area contributed by atoms with Crippen LogP contribution in [-0.2, 0) is 0 Å². The van der Waals surface area contributed by atoms with E-state index in [4.69, 9.17) is 10.4 Å². The van der Waals surface area contributed by atoms with Crippen molar-refractivity contribution in [2.24, 2.45) is 0 Å². The number of benzene rings is 1. The van der Waals surface area contributed by atoms with Crippen molar-refractivity contribution < 1.29 is 10.2 Å². The molecule has 20 heavy (non-hydrogen) atoms. The van der Waals surface area contributed by atoms with Gasteiger partial charge in [0.2, 0.25) is 0 Å². The average molecular weight is 274 g/mol. The fourth-order valence-electron chi connectivity index (χ4n) is 2.90. The van der Waals surface area contributed by atoms with Gasteiger partial charge in [0.05, 0.1) is 17.7 Å². The standard InChI is InChI=1S/C16H22N2O2/c17-11-13-5-7-14(8-6-13)16(20)12-18-9-1-3-15(18)4-2-10-19/h5-8,15-16,19-20H,1-4,9-10,12H2. The predicted octanol–water partition coefficient (Wildman–Crippen LogP) is 1.83. The molecular weight excluding hydrogens is 252 g/mol. The van der Waals surface area contributed by atoms with Gasteiger partial charge in [-0.1, -0.05) is 12.1 Å². The number of hydrogen-bond donors (Lipinski definition) is 2. The highest BCUT2D eigenvalue weighted by Gasteiger charge is 2.26. The summed E-state index contributed by atoms with van der Waals surface area (Å²) in [5.74, 6) is 0. The normalized spacial score (nSPS) is 20.8. The van der Waals surface area contributed by atoms with Gasteiger partial charge < -0.3 is 10.2 Å². The van der Waals surface area contributed by atoms with Gasteiger partial charge in [-0.05, 0) is 49.9 Å². The maximum atomic E-state index is 10.3. The van der Waals surface area contributed by atoms with Crippen LogP contribution in [0.15, 0.2) is 24.3 Å². The van der Waals surface area contributed by atoms with Crippen LogP contribution in [-0.4, -0.2) is 40.9 Å². The van der Waals surface area contributed by atoms with Crippen LogP contribution < -0.4 is 0 Å². The van der Waals surface area contributed by atoms with E-state index < -0.39 is 6.10 Å². The van der Waals surface area contributed by atoms with E-state index in [0.29, 0.717) is 18.2 Å². The zero-order chi connectivity index (χ0) is 14.4. The fourth-order valence-corrected chi connectivity index (χ4v) is 2.90. The average Bonchev–Trinajstić information content (AvgIpc) is 2.92. The number of β-amino-alcohol motifs (C(OH)–C–C–N with tert-alkyl or cyclic N) is 1. The first-order valence-corrected chi connectivity index (χ1v) is 7.27. The predicted molar refractivity (Wildman–Crippen MR) is 77.0 cm³/mol. The van der Waals surface area contributed by atoms with E-state index >= 15 is 0 Å². The fraction of sp³-hybridized carbons (Fsp3) is 0.562. The summed E-state index contributed by atoms with van der Waals surface area (Å²) in [5, 5.41) is 28.0. The summed E-state index contributed by atoms with van der Waals surface area (Å²) in [6, 6.07) is 9.69. The molecule has 2 N–H and O–H groups in total. The smallest absolute Gasteiger partial charge is 0.0991 e. The van der Waals surface area contributed by atoms with Crippen molar-refractivity contribution in [1.82, 2.24) is 4.90 Å². The van der Waals surface area contributed by atoms with E-state index in [1.54, 1.807) is 12.1 Å². The van der Waals surface area contributed by atoms with Crippen molar-refractivity contribution in [1.29, 1.82) is 5.26 Å². The third kappa shape index (κ3) is 3.80. The molecule has 108 valence electrons. The van der Waals surface area contributed by atoms with Crippen molar-refractivity contribution in [2.45, 2.75) is 37.8 Å². The highest BCUT2D eigenvalue weighted by molar-refractivity contribution is 5.32. The third-order valence-corrected chi connectivity index (χ3v) is 4.03. The topological polar surface area (TPSA) is 67.5 Å². The molecule has 0 saturated carbocycles. The van der Waals surface area contributed by atoms with E-state index in [1.807, 2.05) is 12.1 Å². The van der Waals surface area contributed by atoms with E-state index in [2.05, 4.69) is 11.0 Å². The van der Waals surface area contributed by atoms with Gasteiger partial charge in [0.1, 0.15) is 0 Å². The van der Waals surface area contributed by atoms with Crippen LogP contribution in [0.1, 0.15) is 42.9 Å². The molecule has 1 aliphatic rings. The second-order valence-electron chi connectivity index (χ2n) is 5.41. The van der Waals surface area contributed by atoms with Gasteiger partial charge in [-0.3, -0.25) is 4.90 Å². The van der Waals surface area contributed by atoms with Crippen molar-refractivity contribution >= 4 is 0 Å². The van der Waals surface area contributed by atoms with Crippen LogP contribution in [0.2, 0.25) is 0 Å². The zero-order valence-corrected chi connectivity index (χ0v) is 11.7. The Bertz CT molecular complexity index is 453. The van der Waals surface area contributed by atoms with Gasteiger partial charge in [-0.15, -0.1) is 0 Å². The minimum atomic E-state index is -0.516. The highest BCUT2D eigenvalue weighted by Crippen LogP contribution is 2.24. The molecule has 0 spiro atoms. The molecule has 0 radical (unpaired) electrons. The lowest BCUT2D eigenvalue weighted by atomic mass is 10.1. The van der Waals surface area contributed by atoms with Crippen molar-refractivity contribution in [3.8, 4) is 6.07 Å². The Morgan fingerprint density at radius 1 is 1.35 bits per heavy atom. The first kappa shape index (κ1) is 15.0. The maximum Gasteiger partial charge on any atom is 0.0991 e. The number of hydrogen-bond acceptors (Lipinski definition) is 4. The molecule has 1 saturated heterocycles. The summed E-state index contributed by atoms with van der Waals surface area (Å²) in [4.78, 5) is 2.32. The molecule has 4 nitrogen and oxygen atoms in total. The van der Waals surface area contributed by atoms with Crippen LogP contribution in [0.5, 0.6) is 0 Å². The molecule has 2 atom stereocenters. The molecule has 1 aromatic carbocycles. The van der Waals surface area contributed by atoms with Gasteiger partial charge in [0.25, 0.3) is 0 Å². The Hall–Kier alpha value is -1.41. The van der Waals surface area contributed by atoms with Gasteiger partial charge in [0, 0.05) is 19.2 Å². The molecule has 0 aliphatic carbocycles. The third-order valence-electron chi connectivity index (χ3n) is 4.03. The number of nitriles is 1. The van der Waals surface area contributed by atoms with E-state index in [9.17, 15) is 5.11 Å². The van der Waals surface area contributed by atoms with Crippen molar-refractivity contribution in [3.05, 3.63) is 35.4 Å². The molecule has 0 bridgehead atoms. The summed E-state index contributed by atoms with van der Waals surface area (Å²) in [5.41, 5.74) is 1.47. The van der Waals surface area contributed by atoms with Crippen LogP contribution in [0, 0.1) is 11.3 Å². The molecule has 1 aromatic rings. The second kappa shape index (κ2) is 7.39. The molecule has 0 amide bonds. The van der Waals surface area contributed by atoms with Gasteiger partial charge in [-0.25, -0.2) is 0 Å². The Labute approximate surface area is 120 Å². The number of aliphatic hydroxyl groups is 2. The summed E-state index contributed by atoms with van der Waals surface area (Å²) in [7, 11) is 0. The molecule has 2 rings (SSSR count). The summed E-state index contributed by atoms with van der Waals surface area (Å²) >= 11 is 0. The molecular formula is C16H22N2O2. The van der Waals surface area contributed by atoms with Crippen LogP contribution in [0.3, 0.4) is 0 Å². The largest absolute Gasteiger partial charge is 0.396 e. The number of rotatable bonds is 6. The van der Waals surface area contributed by atoms with Gasteiger partial charge >= 0.3 is 0 Å². The number of aliphatic hydroxyl groups excluding tert-OH is 2. The molecule has 2 unspecified atom stereocenters. The van der Waals surface area contributed by atoms with Gasteiger partial charge in [0.15, 0.2) is 0 Å². The van der Waals surface area contributed by atoms with Crippen molar-refractivity contribution in [2.75, 3.05) is 19.7 Å². The number of nitrogens with zero attached hydrogens (tertiary/aromatic N) is 2. The first-order valence-electron chi connectivity index (χ1n) is 7.27. The maximum absolute atomic E-state index is 10.3. The molecule has 4 heteroatoms. The quantitative estimate of drug-likeness (QED) is 0.830. The summed E-state index contributed by atoms with van der Waals surface area (Å²) in [6.45, 7) is 1.88. The highest BCUT2D eigenvalue weighted by atomic mass is 16.3. The first-order chi connectivity index (χ1) is 9.74. The van der Waals surface area contributed by atoms with Gasteiger partial charge in [-0.2, -0.15) is 5.26 Å². The van der Waals surface area contributed by atoms with E-state index in [-0.39, 0.29) is 6.61 Å². The van der Waals surface area contributed by atoms with E-state index in [1.165, 1.54) is 0 Å². The zero-order valence-electron chi connectivity index (χ0n) is 11.7.